The Balaban J connectivity index is 2.01. The van der Waals surface area contributed by atoms with Gasteiger partial charge in [-0.2, -0.15) is 0 Å². The van der Waals surface area contributed by atoms with Gasteiger partial charge in [0.15, 0.2) is 9.84 Å². The fraction of sp³-hybridized carbons (Fsp3) is 0.240. The average molecular weight is 455 g/mol. The Hall–Kier alpha value is -3.03. The molecule has 1 unspecified atom stereocenters. The second-order valence-corrected chi connectivity index (χ2v) is 10.1. The van der Waals surface area contributed by atoms with Crippen molar-refractivity contribution in [3.63, 3.8) is 0 Å². The second kappa shape index (κ2) is 10.1. The number of benzene rings is 3. The topological polar surface area (TPSA) is 89.3 Å². The van der Waals surface area contributed by atoms with Crippen LogP contribution in [0.15, 0.2) is 77.7 Å². The molecule has 0 fully saturated rings. The molecule has 7 heteroatoms. The van der Waals surface area contributed by atoms with E-state index in [1.165, 1.54) is 12.1 Å². The van der Waals surface area contributed by atoms with E-state index in [1.54, 1.807) is 48.5 Å². The summed E-state index contributed by atoms with van der Waals surface area (Å²) in [5.41, 5.74) is 8.19. The van der Waals surface area contributed by atoms with Gasteiger partial charge in [-0.05, 0) is 59.4 Å². The maximum Gasteiger partial charge on any atom is 0.251 e. The quantitative estimate of drug-likeness (QED) is 0.483. The molecule has 0 aliphatic carbocycles. The number of carbonyl (C=O) groups is 1. The molecule has 0 aliphatic heterocycles. The van der Waals surface area contributed by atoms with E-state index in [0.717, 1.165) is 18.6 Å². The molecule has 0 aliphatic rings. The van der Waals surface area contributed by atoms with Crippen molar-refractivity contribution in [1.29, 1.82) is 0 Å². The maximum atomic E-state index is 13.3. The van der Waals surface area contributed by atoms with Crippen molar-refractivity contribution in [1.82, 2.24) is 5.32 Å². The lowest BCUT2D eigenvalue weighted by Gasteiger charge is -2.19. The normalized spacial score (nSPS) is 12.5. The van der Waals surface area contributed by atoms with E-state index in [1.807, 2.05) is 0 Å². The third-order valence-electron chi connectivity index (χ3n) is 5.21. The molecular weight excluding hydrogens is 427 g/mol. The van der Waals surface area contributed by atoms with Crippen LogP contribution in [-0.2, 0) is 9.84 Å². The van der Waals surface area contributed by atoms with Crippen LogP contribution in [0.4, 0.5) is 4.39 Å². The van der Waals surface area contributed by atoms with Crippen molar-refractivity contribution in [3.05, 3.63) is 89.7 Å². The first-order valence-electron chi connectivity index (χ1n) is 10.4. The summed E-state index contributed by atoms with van der Waals surface area (Å²) in [5.74, 6) is -0.303. The minimum Gasteiger partial charge on any atom is -0.352 e. The number of nitrogens with two attached hydrogens (primary N) is 1. The summed E-state index contributed by atoms with van der Waals surface area (Å²) in [4.78, 5) is 12.8. The largest absolute Gasteiger partial charge is 0.352 e. The van der Waals surface area contributed by atoms with Gasteiger partial charge in [0.25, 0.3) is 5.91 Å². The first-order chi connectivity index (χ1) is 15.2. The van der Waals surface area contributed by atoms with Crippen LogP contribution in [0, 0.1) is 11.7 Å². The molecule has 3 aromatic carbocycles. The number of hydrogen-bond donors (Lipinski definition) is 2. The molecule has 0 saturated carbocycles. The molecule has 3 rings (SSSR count). The van der Waals surface area contributed by atoms with Crippen LogP contribution < -0.4 is 11.1 Å². The highest BCUT2D eigenvalue weighted by Crippen LogP contribution is 2.34. The molecule has 0 heterocycles. The van der Waals surface area contributed by atoms with Crippen LogP contribution in [0.25, 0.3) is 11.1 Å². The first kappa shape index (κ1) is 23.6. The van der Waals surface area contributed by atoms with Crippen molar-refractivity contribution in [2.24, 2.45) is 11.7 Å². The molecule has 0 bridgehead atoms. The van der Waals surface area contributed by atoms with Crippen molar-refractivity contribution < 1.29 is 17.6 Å². The second-order valence-electron chi connectivity index (χ2n) is 7.99. The van der Waals surface area contributed by atoms with Crippen molar-refractivity contribution in [3.8, 4) is 11.1 Å². The van der Waals surface area contributed by atoms with Crippen LogP contribution in [0.5, 0.6) is 0 Å². The van der Waals surface area contributed by atoms with Crippen molar-refractivity contribution in [2.75, 3.05) is 6.54 Å². The van der Waals surface area contributed by atoms with Gasteiger partial charge in [0, 0.05) is 12.1 Å². The Morgan fingerprint density at radius 3 is 2.19 bits per heavy atom. The van der Waals surface area contributed by atoms with Crippen LogP contribution in [0.1, 0.15) is 41.6 Å². The minimum absolute atomic E-state index is 0.0686. The number of amides is 1. The third kappa shape index (κ3) is 5.23. The van der Waals surface area contributed by atoms with Gasteiger partial charge in [0.2, 0.25) is 0 Å². The van der Waals surface area contributed by atoms with Crippen LogP contribution >= 0.6 is 0 Å². The van der Waals surface area contributed by atoms with Gasteiger partial charge in [-0.1, -0.05) is 56.3 Å². The molecule has 0 spiro atoms. The zero-order chi connectivity index (χ0) is 23.3. The molecule has 3 N–H and O–H groups in total. The lowest BCUT2D eigenvalue weighted by atomic mass is 9.95. The van der Waals surface area contributed by atoms with Gasteiger partial charge in [-0.15, -0.1) is 0 Å². The summed E-state index contributed by atoms with van der Waals surface area (Å²) < 4.78 is 39.5. The van der Waals surface area contributed by atoms with Crippen LogP contribution in [0.3, 0.4) is 0 Å². The monoisotopic (exact) mass is 454 g/mol. The Morgan fingerprint density at radius 1 is 0.938 bits per heavy atom. The number of hydrogen-bond acceptors (Lipinski definition) is 4. The number of sulfone groups is 1. The summed E-state index contributed by atoms with van der Waals surface area (Å²) in [6.45, 7) is 4.71. The molecule has 3 aromatic rings. The summed E-state index contributed by atoms with van der Waals surface area (Å²) in [6, 6.07) is 18.4. The molecule has 5 nitrogen and oxygen atoms in total. The highest BCUT2D eigenvalue weighted by atomic mass is 32.2. The predicted molar refractivity (Wildman–Crippen MR) is 124 cm³/mol. The fourth-order valence-corrected chi connectivity index (χ4v) is 4.76. The Morgan fingerprint density at radius 2 is 1.53 bits per heavy atom. The number of carbonyl (C=O) groups excluding carboxylic acids is 1. The fourth-order valence-electron chi connectivity index (χ4n) is 3.41. The van der Waals surface area contributed by atoms with E-state index in [9.17, 15) is 17.6 Å². The molecule has 32 heavy (non-hydrogen) atoms. The maximum absolute atomic E-state index is 13.3. The van der Waals surface area contributed by atoms with E-state index < -0.39 is 21.0 Å². The molecule has 0 radical (unpaired) electrons. The SMILES string of the molecule is CC(C)CCNC(=O)c1ccccc1-c1ccccc1C(N)S(=O)(=O)c1ccc(F)cc1. The summed E-state index contributed by atoms with van der Waals surface area (Å²) >= 11 is 0. The summed E-state index contributed by atoms with van der Waals surface area (Å²) in [7, 11) is -3.99. The van der Waals surface area contributed by atoms with E-state index in [-0.39, 0.29) is 10.8 Å². The Labute approximate surface area is 188 Å². The third-order valence-corrected chi connectivity index (χ3v) is 7.06. The van der Waals surface area contributed by atoms with Gasteiger partial charge in [0.1, 0.15) is 11.2 Å². The van der Waals surface area contributed by atoms with Crippen LogP contribution in [0.2, 0.25) is 0 Å². The molecular formula is C25H27FN2O3S. The Bertz CT molecular complexity index is 1190. The first-order valence-corrected chi connectivity index (χ1v) is 12.0. The van der Waals surface area contributed by atoms with E-state index in [0.29, 0.717) is 34.7 Å². The lowest BCUT2D eigenvalue weighted by molar-refractivity contribution is 0.0952. The van der Waals surface area contributed by atoms with Crippen LogP contribution in [-0.4, -0.2) is 20.9 Å². The molecule has 1 amide bonds. The summed E-state index contributed by atoms with van der Waals surface area (Å²) in [6.07, 6.45) is 0.852. The molecule has 0 saturated heterocycles. The Kier molecular flexibility index (Phi) is 7.43. The van der Waals surface area contributed by atoms with Gasteiger partial charge < -0.3 is 11.1 Å². The van der Waals surface area contributed by atoms with Crippen molar-refractivity contribution >= 4 is 15.7 Å². The van der Waals surface area contributed by atoms with Gasteiger partial charge in [0.05, 0.1) is 4.90 Å². The van der Waals surface area contributed by atoms with Crippen molar-refractivity contribution in [2.45, 2.75) is 30.5 Å². The highest BCUT2D eigenvalue weighted by Gasteiger charge is 2.28. The number of rotatable bonds is 8. The minimum atomic E-state index is -3.99. The van der Waals surface area contributed by atoms with Gasteiger partial charge >= 0.3 is 0 Å². The summed E-state index contributed by atoms with van der Waals surface area (Å²) in [5, 5.41) is 1.54. The average Bonchev–Trinajstić information content (AvgIpc) is 2.78. The molecule has 0 aromatic heterocycles. The number of nitrogens with one attached hydrogen (secondary N) is 1. The van der Waals surface area contributed by atoms with E-state index >= 15 is 0 Å². The molecule has 1 atom stereocenters. The number of halogens is 1. The van der Waals surface area contributed by atoms with Gasteiger partial charge in [-0.25, -0.2) is 12.8 Å². The van der Waals surface area contributed by atoms with Gasteiger partial charge in [-0.3, -0.25) is 4.79 Å². The zero-order valence-corrected chi connectivity index (χ0v) is 18.9. The highest BCUT2D eigenvalue weighted by molar-refractivity contribution is 7.91. The predicted octanol–water partition coefficient (Wildman–Crippen LogP) is 4.70. The van der Waals surface area contributed by atoms with E-state index in [4.69, 9.17) is 5.73 Å². The zero-order valence-electron chi connectivity index (χ0n) is 18.1. The standard InChI is InChI=1S/C25H27FN2O3S/c1-17(2)15-16-28-25(29)23-10-6-4-8-21(23)20-7-3-5-9-22(20)24(27)32(30,31)19-13-11-18(26)12-14-19/h3-14,17,24H,15-16,27H2,1-2H3,(H,28,29). The lowest BCUT2D eigenvalue weighted by Crippen LogP contribution is -2.26. The molecule has 168 valence electrons. The smallest absolute Gasteiger partial charge is 0.251 e. The van der Waals surface area contributed by atoms with E-state index in [2.05, 4.69) is 19.2 Å².